The normalized spacial score (nSPS) is 37.8. The molecule has 0 amide bonds. The zero-order valence-corrected chi connectivity index (χ0v) is 7.63. The lowest BCUT2D eigenvalue weighted by Crippen LogP contribution is -2.31. The number of rotatable bonds is 2. The van der Waals surface area contributed by atoms with Crippen LogP contribution < -0.4 is 11.1 Å². The van der Waals surface area contributed by atoms with Gasteiger partial charge in [-0.15, -0.1) is 0 Å². The summed E-state index contributed by atoms with van der Waals surface area (Å²) in [5.41, 5.74) is 5.84. The van der Waals surface area contributed by atoms with Crippen molar-refractivity contribution in [1.29, 1.82) is 0 Å². The maximum absolute atomic E-state index is 5.84. The smallest absolute Gasteiger partial charge is 0.0180 e. The topological polar surface area (TPSA) is 41.3 Å². The highest BCUT2D eigenvalue weighted by molar-refractivity contribution is 4.82. The number of nitrogens with zero attached hydrogens (tertiary/aromatic N) is 1. The molecular formula is C9H19N3. The zero-order chi connectivity index (χ0) is 8.39. The van der Waals surface area contributed by atoms with Crippen molar-refractivity contribution < 1.29 is 0 Å². The molecule has 0 aromatic rings. The molecule has 2 fully saturated rings. The maximum Gasteiger partial charge on any atom is 0.0180 e. The Hall–Kier alpha value is -0.120. The van der Waals surface area contributed by atoms with Gasteiger partial charge in [-0.05, 0) is 38.4 Å². The minimum absolute atomic E-state index is 0.444. The Labute approximate surface area is 74.3 Å². The van der Waals surface area contributed by atoms with E-state index in [2.05, 4.69) is 10.2 Å². The summed E-state index contributed by atoms with van der Waals surface area (Å²) in [5.74, 6) is 0.885. The lowest BCUT2D eigenvalue weighted by molar-refractivity contribution is 0.284. The van der Waals surface area contributed by atoms with Crippen molar-refractivity contribution >= 4 is 0 Å². The molecule has 3 nitrogen and oxygen atoms in total. The second kappa shape index (κ2) is 3.73. The van der Waals surface area contributed by atoms with Crippen LogP contribution in [0.15, 0.2) is 0 Å². The summed E-state index contributed by atoms with van der Waals surface area (Å²) in [6, 6.07) is 0.444. The molecule has 3 N–H and O–H groups in total. The predicted octanol–water partition coefficient (Wildman–Crippen LogP) is -0.371. The minimum atomic E-state index is 0.444. The van der Waals surface area contributed by atoms with Gasteiger partial charge in [0.2, 0.25) is 0 Å². The first kappa shape index (κ1) is 8.48. The van der Waals surface area contributed by atoms with Gasteiger partial charge in [0.25, 0.3) is 0 Å². The molecule has 0 spiro atoms. The summed E-state index contributed by atoms with van der Waals surface area (Å²) in [6.07, 6.45) is 2.55. The van der Waals surface area contributed by atoms with Crippen molar-refractivity contribution in [3.05, 3.63) is 0 Å². The van der Waals surface area contributed by atoms with Crippen LogP contribution in [-0.4, -0.2) is 43.7 Å². The zero-order valence-electron chi connectivity index (χ0n) is 7.63. The molecular weight excluding hydrogens is 150 g/mol. The van der Waals surface area contributed by atoms with E-state index in [1.165, 1.54) is 39.0 Å². The Bertz CT molecular complexity index is 143. The number of nitrogens with two attached hydrogens (primary N) is 1. The van der Waals surface area contributed by atoms with E-state index in [9.17, 15) is 0 Å². The quantitative estimate of drug-likeness (QED) is 0.592. The van der Waals surface area contributed by atoms with Gasteiger partial charge in [0.15, 0.2) is 0 Å². The van der Waals surface area contributed by atoms with Crippen molar-refractivity contribution in [2.24, 2.45) is 11.7 Å². The molecule has 12 heavy (non-hydrogen) atoms. The number of likely N-dealkylation sites (tertiary alicyclic amines) is 1. The van der Waals surface area contributed by atoms with E-state index in [0.717, 1.165) is 12.5 Å². The molecule has 0 bridgehead atoms. The lowest BCUT2D eigenvalue weighted by atomic mass is 10.1. The Morgan fingerprint density at radius 1 is 1.42 bits per heavy atom. The molecule has 2 aliphatic heterocycles. The summed E-state index contributed by atoms with van der Waals surface area (Å²) < 4.78 is 0. The molecule has 0 aliphatic carbocycles. The summed E-state index contributed by atoms with van der Waals surface area (Å²) >= 11 is 0. The van der Waals surface area contributed by atoms with Gasteiger partial charge in [0.05, 0.1) is 0 Å². The third kappa shape index (κ3) is 1.97. The first-order valence-electron chi connectivity index (χ1n) is 5.03. The van der Waals surface area contributed by atoms with Gasteiger partial charge in [-0.2, -0.15) is 0 Å². The Morgan fingerprint density at radius 2 is 2.33 bits per heavy atom. The van der Waals surface area contributed by atoms with E-state index >= 15 is 0 Å². The average Bonchev–Trinajstić information content (AvgIpc) is 2.63. The van der Waals surface area contributed by atoms with Crippen LogP contribution in [0.2, 0.25) is 0 Å². The molecule has 3 heteroatoms. The third-order valence-electron chi connectivity index (χ3n) is 2.99. The molecule has 70 valence electrons. The molecule has 2 rings (SSSR count). The van der Waals surface area contributed by atoms with E-state index in [0.29, 0.717) is 6.04 Å². The predicted molar refractivity (Wildman–Crippen MR) is 50.0 cm³/mol. The van der Waals surface area contributed by atoms with Crippen molar-refractivity contribution in [2.75, 3.05) is 32.7 Å². The summed E-state index contributed by atoms with van der Waals surface area (Å²) in [4.78, 5) is 2.52. The van der Waals surface area contributed by atoms with Gasteiger partial charge in [-0.25, -0.2) is 0 Å². The molecule has 0 aromatic carbocycles. The van der Waals surface area contributed by atoms with Gasteiger partial charge in [0.1, 0.15) is 0 Å². The van der Waals surface area contributed by atoms with Crippen LogP contribution >= 0.6 is 0 Å². The van der Waals surface area contributed by atoms with Crippen LogP contribution in [0, 0.1) is 5.92 Å². The van der Waals surface area contributed by atoms with Gasteiger partial charge in [-0.1, -0.05) is 0 Å². The fraction of sp³-hybridized carbons (Fsp3) is 1.00. The van der Waals surface area contributed by atoms with E-state index in [4.69, 9.17) is 5.73 Å². The first-order chi connectivity index (χ1) is 5.84. The summed E-state index contributed by atoms with van der Waals surface area (Å²) in [6.45, 7) is 6.03. The average molecular weight is 169 g/mol. The first-order valence-corrected chi connectivity index (χ1v) is 5.03. The maximum atomic E-state index is 5.84. The van der Waals surface area contributed by atoms with Crippen LogP contribution in [0.4, 0.5) is 0 Å². The second-order valence-corrected chi connectivity index (χ2v) is 4.17. The van der Waals surface area contributed by atoms with Crippen molar-refractivity contribution in [3.8, 4) is 0 Å². The number of hydrogen-bond donors (Lipinski definition) is 2. The third-order valence-corrected chi connectivity index (χ3v) is 2.99. The Balaban J connectivity index is 1.72. The van der Waals surface area contributed by atoms with E-state index in [-0.39, 0.29) is 0 Å². The SMILES string of the molecule is N[C@@H]1CCN(CC2CCNC2)C1. The number of nitrogens with one attached hydrogen (secondary N) is 1. The Kier molecular flexibility index (Phi) is 2.63. The highest BCUT2D eigenvalue weighted by atomic mass is 15.2. The van der Waals surface area contributed by atoms with Gasteiger partial charge >= 0.3 is 0 Å². The molecule has 1 unspecified atom stereocenters. The molecule has 2 saturated heterocycles. The molecule has 2 atom stereocenters. The van der Waals surface area contributed by atoms with E-state index < -0.39 is 0 Å². The molecule has 0 saturated carbocycles. The van der Waals surface area contributed by atoms with Crippen LogP contribution in [0.25, 0.3) is 0 Å². The monoisotopic (exact) mass is 169 g/mol. The minimum Gasteiger partial charge on any atom is -0.326 e. The van der Waals surface area contributed by atoms with Gasteiger partial charge < -0.3 is 16.0 Å². The van der Waals surface area contributed by atoms with E-state index in [1.807, 2.05) is 0 Å². The molecule has 2 heterocycles. The standard InChI is InChI=1S/C9H19N3/c10-9-2-4-12(7-9)6-8-1-3-11-5-8/h8-9,11H,1-7,10H2/t8?,9-/m1/s1. The van der Waals surface area contributed by atoms with E-state index in [1.54, 1.807) is 0 Å². The molecule has 0 radical (unpaired) electrons. The van der Waals surface area contributed by atoms with Crippen LogP contribution in [0.3, 0.4) is 0 Å². The molecule has 0 aromatic heterocycles. The largest absolute Gasteiger partial charge is 0.326 e. The van der Waals surface area contributed by atoms with Crippen molar-refractivity contribution in [2.45, 2.75) is 18.9 Å². The van der Waals surface area contributed by atoms with Crippen molar-refractivity contribution in [1.82, 2.24) is 10.2 Å². The van der Waals surface area contributed by atoms with Crippen molar-refractivity contribution in [3.63, 3.8) is 0 Å². The fourth-order valence-corrected chi connectivity index (χ4v) is 2.26. The van der Waals surface area contributed by atoms with Gasteiger partial charge in [0, 0.05) is 19.1 Å². The highest BCUT2D eigenvalue weighted by Crippen LogP contribution is 2.14. The van der Waals surface area contributed by atoms with Crippen LogP contribution in [0.5, 0.6) is 0 Å². The second-order valence-electron chi connectivity index (χ2n) is 4.17. The number of hydrogen-bond acceptors (Lipinski definition) is 3. The fourth-order valence-electron chi connectivity index (χ4n) is 2.26. The molecule has 2 aliphatic rings. The summed E-state index contributed by atoms with van der Waals surface area (Å²) in [5, 5.41) is 3.40. The van der Waals surface area contributed by atoms with Crippen LogP contribution in [-0.2, 0) is 0 Å². The lowest BCUT2D eigenvalue weighted by Gasteiger charge is -2.18. The van der Waals surface area contributed by atoms with Gasteiger partial charge in [-0.3, -0.25) is 0 Å². The van der Waals surface area contributed by atoms with Crippen LogP contribution in [0.1, 0.15) is 12.8 Å². The highest BCUT2D eigenvalue weighted by Gasteiger charge is 2.23. The Morgan fingerprint density at radius 3 is 2.92 bits per heavy atom. The summed E-state index contributed by atoms with van der Waals surface area (Å²) in [7, 11) is 0.